The topological polar surface area (TPSA) is 70.0 Å². The molecule has 2 rings (SSSR count). The van der Waals surface area contributed by atoms with Crippen LogP contribution in [0, 0.1) is 0 Å². The maximum atomic E-state index is 10.4. The second-order valence-electron chi connectivity index (χ2n) is 2.73. The van der Waals surface area contributed by atoms with Crippen molar-refractivity contribution < 1.29 is 28.8 Å². The van der Waals surface area contributed by atoms with Crippen molar-refractivity contribution in [3.63, 3.8) is 0 Å². The smallest absolute Gasteiger partial charge is 0.543 e. The van der Waals surface area contributed by atoms with Gasteiger partial charge in [0.1, 0.15) is 5.69 Å². The van der Waals surface area contributed by atoms with Crippen LogP contribution < -0.4 is 29.4 Å². The van der Waals surface area contributed by atoms with Gasteiger partial charge in [0.25, 0.3) is 0 Å². The fraction of sp³-hybridized carbons (Fsp3) is 0.429. The summed E-state index contributed by atoms with van der Waals surface area (Å²) >= 11 is 0. The summed E-state index contributed by atoms with van der Waals surface area (Å²) in [6.45, 7) is 0.834. The zero-order chi connectivity index (χ0) is 8.55. The first-order valence-corrected chi connectivity index (χ1v) is 3.81. The molecular formula is C7H8LiN3O2. The van der Waals surface area contributed by atoms with Gasteiger partial charge < -0.3 is 15.3 Å². The molecule has 1 aromatic rings. The van der Waals surface area contributed by atoms with E-state index in [0.717, 1.165) is 25.1 Å². The van der Waals surface area contributed by atoms with Gasteiger partial charge in [-0.1, -0.05) is 0 Å². The third-order valence-electron chi connectivity index (χ3n) is 1.86. The quantitative estimate of drug-likeness (QED) is 0.436. The van der Waals surface area contributed by atoms with Gasteiger partial charge in [0, 0.05) is 6.54 Å². The Labute approximate surface area is 87.3 Å². The van der Waals surface area contributed by atoms with Crippen LogP contribution in [0.1, 0.15) is 22.6 Å². The number of hydrogen-bond acceptors (Lipinski definition) is 4. The second kappa shape index (κ2) is 3.86. The maximum Gasteiger partial charge on any atom is 1.00 e. The van der Waals surface area contributed by atoms with E-state index in [0.29, 0.717) is 0 Å². The molecule has 2 heterocycles. The SMILES string of the molecule is O=C([O-])c1cc2n(n1)NCCC2.[Li+]. The summed E-state index contributed by atoms with van der Waals surface area (Å²) in [6, 6.07) is 1.54. The number of carbonyl (C=O) groups excluding carboxylic acids is 1. The van der Waals surface area contributed by atoms with E-state index < -0.39 is 5.97 Å². The van der Waals surface area contributed by atoms with Crippen molar-refractivity contribution in [2.75, 3.05) is 12.0 Å². The molecule has 0 aromatic carbocycles. The molecule has 6 heteroatoms. The van der Waals surface area contributed by atoms with Crippen molar-refractivity contribution in [2.45, 2.75) is 12.8 Å². The summed E-state index contributed by atoms with van der Waals surface area (Å²) in [4.78, 5) is 11.9. The molecule has 0 fully saturated rings. The molecule has 0 atom stereocenters. The van der Waals surface area contributed by atoms with Crippen LogP contribution in [0.3, 0.4) is 0 Å². The number of fused-ring (bicyclic) bond motifs is 1. The molecule has 1 aliphatic rings. The molecule has 0 aliphatic carbocycles. The standard InChI is InChI=1S/C7H9N3O2.Li/c11-7(12)6-4-5-2-1-3-8-10(5)9-6;/h4,8H,1-3H2,(H,11,12);/q;+1/p-1. The Balaban J connectivity index is 0.000000845. The fourth-order valence-electron chi connectivity index (χ4n) is 1.29. The number of aromatic carboxylic acids is 1. The van der Waals surface area contributed by atoms with Gasteiger partial charge in [-0.15, -0.1) is 0 Å². The average Bonchev–Trinajstić information content (AvgIpc) is 2.46. The molecule has 0 saturated heterocycles. The van der Waals surface area contributed by atoms with Crippen LogP contribution in [0.15, 0.2) is 6.07 Å². The Morgan fingerprint density at radius 2 is 2.46 bits per heavy atom. The normalized spacial score (nSPS) is 13.8. The summed E-state index contributed by atoms with van der Waals surface area (Å²) < 4.78 is 0. The molecule has 0 radical (unpaired) electrons. The summed E-state index contributed by atoms with van der Waals surface area (Å²) in [5.74, 6) is -1.22. The Morgan fingerprint density at radius 3 is 3.08 bits per heavy atom. The van der Waals surface area contributed by atoms with E-state index in [1.54, 1.807) is 6.07 Å². The van der Waals surface area contributed by atoms with Gasteiger partial charge in [-0.25, -0.2) is 0 Å². The van der Waals surface area contributed by atoms with Crippen LogP contribution in [0.2, 0.25) is 0 Å². The van der Waals surface area contributed by atoms with Crippen molar-refractivity contribution >= 4 is 5.97 Å². The van der Waals surface area contributed by atoms with Gasteiger partial charge in [-0.2, -0.15) is 9.89 Å². The van der Waals surface area contributed by atoms with E-state index in [1.165, 1.54) is 4.79 Å². The summed E-state index contributed by atoms with van der Waals surface area (Å²) in [6.07, 6.45) is 1.88. The van der Waals surface area contributed by atoms with Crippen LogP contribution >= 0.6 is 0 Å². The van der Waals surface area contributed by atoms with E-state index in [2.05, 4.69) is 10.5 Å². The number of nitrogens with zero attached hydrogens (tertiary/aromatic N) is 2. The minimum atomic E-state index is -1.22. The molecule has 0 saturated carbocycles. The molecule has 0 spiro atoms. The number of carboxylic acids is 1. The number of carboxylic acid groups (broad SMARTS) is 1. The monoisotopic (exact) mass is 173 g/mol. The van der Waals surface area contributed by atoms with Gasteiger partial charge in [0.2, 0.25) is 0 Å². The van der Waals surface area contributed by atoms with Crippen LogP contribution in [-0.2, 0) is 6.42 Å². The summed E-state index contributed by atoms with van der Waals surface area (Å²) in [5.41, 5.74) is 3.85. The van der Waals surface area contributed by atoms with Crippen LogP contribution in [0.25, 0.3) is 0 Å². The molecule has 1 aromatic heterocycles. The number of carbonyl (C=O) groups is 1. The maximum absolute atomic E-state index is 10.4. The van der Waals surface area contributed by atoms with E-state index >= 15 is 0 Å². The molecule has 0 unspecified atom stereocenters. The number of rotatable bonds is 1. The summed E-state index contributed by atoms with van der Waals surface area (Å²) in [7, 11) is 0. The van der Waals surface area contributed by atoms with Gasteiger partial charge in [-0.3, -0.25) is 0 Å². The van der Waals surface area contributed by atoms with Gasteiger partial charge in [0.15, 0.2) is 0 Å². The average molecular weight is 173 g/mol. The Bertz CT molecular complexity index is 300. The Hall–Kier alpha value is -0.923. The third-order valence-corrected chi connectivity index (χ3v) is 1.86. The van der Waals surface area contributed by atoms with E-state index in [-0.39, 0.29) is 24.6 Å². The van der Waals surface area contributed by atoms with Gasteiger partial charge in [0.05, 0.1) is 11.7 Å². The fourth-order valence-corrected chi connectivity index (χ4v) is 1.29. The minimum absolute atomic E-state index is 0. The first-order chi connectivity index (χ1) is 5.77. The second-order valence-corrected chi connectivity index (χ2v) is 2.73. The number of aryl methyl sites for hydroxylation is 1. The van der Waals surface area contributed by atoms with Crippen molar-refractivity contribution in [3.05, 3.63) is 17.5 Å². The van der Waals surface area contributed by atoms with E-state index in [9.17, 15) is 9.90 Å². The molecule has 0 bridgehead atoms. The molecule has 1 aliphatic heterocycles. The Morgan fingerprint density at radius 1 is 1.69 bits per heavy atom. The third kappa shape index (κ3) is 1.87. The van der Waals surface area contributed by atoms with Gasteiger partial charge in [-0.05, 0) is 18.9 Å². The van der Waals surface area contributed by atoms with Crippen LogP contribution in [-0.4, -0.2) is 22.4 Å². The van der Waals surface area contributed by atoms with Crippen molar-refractivity contribution in [2.24, 2.45) is 0 Å². The van der Waals surface area contributed by atoms with E-state index in [4.69, 9.17) is 0 Å². The minimum Gasteiger partial charge on any atom is -0.543 e. The molecule has 13 heavy (non-hydrogen) atoms. The Kier molecular flexibility index (Phi) is 3.01. The number of nitrogens with one attached hydrogen (secondary N) is 1. The number of aromatic nitrogens is 2. The zero-order valence-corrected chi connectivity index (χ0v) is 7.41. The van der Waals surface area contributed by atoms with Crippen LogP contribution in [0.5, 0.6) is 0 Å². The first-order valence-electron chi connectivity index (χ1n) is 3.81. The summed E-state index contributed by atoms with van der Waals surface area (Å²) in [5, 5.41) is 14.2. The van der Waals surface area contributed by atoms with Crippen molar-refractivity contribution in [1.29, 1.82) is 0 Å². The first kappa shape index (κ1) is 10.2. The predicted octanol–water partition coefficient (Wildman–Crippen LogP) is -4.26. The molecule has 5 nitrogen and oxygen atoms in total. The largest absolute Gasteiger partial charge is 1.00 e. The van der Waals surface area contributed by atoms with E-state index in [1.807, 2.05) is 0 Å². The zero-order valence-electron chi connectivity index (χ0n) is 7.41. The molecule has 0 amide bonds. The van der Waals surface area contributed by atoms with Crippen LogP contribution in [0.4, 0.5) is 0 Å². The number of hydrogen-bond donors (Lipinski definition) is 1. The molecule has 1 N–H and O–H groups in total. The molecular weight excluding hydrogens is 165 g/mol. The molecule has 64 valence electrons. The van der Waals surface area contributed by atoms with Crippen molar-refractivity contribution in [3.8, 4) is 0 Å². The van der Waals surface area contributed by atoms with Crippen molar-refractivity contribution in [1.82, 2.24) is 9.89 Å². The van der Waals surface area contributed by atoms with Gasteiger partial charge >= 0.3 is 18.9 Å². The predicted molar refractivity (Wildman–Crippen MR) is 39.1 cm³/mol.